The van der Waals surface area contributed by atoms with E-state index in [9.17, 15) is 23.1 Å². The van der Waals surface area contributed by atoms with Gasteiger partial charge in [0.25, 0.3) is 10.0 Å². The fraction of sp³-hybridized carbons (Fsp3) is 0.222. The van der Waals surface area contributed by atoms with Crippen molar-refractivity contribution in [1.82, 2.24) is 0 Å². The van der Waals surface area contributed by atoms with Crippen LogP contribution in [-0.4, -0.2) is 31.9 Å². The lowest BCUT2D eigenvalue weighted by molar-refractivity contribution is -0.135. The van der Waals surface area contributed by atoms with Crippen LogP contribution < -0.4 is 9.62 Å². The quantitative estimate of drug-likeness (QED) is 0.806. The SMILES string of the molecule is CC(=O)Nc1ccc(S(=O)(=O)N(CC(=O)O)c2cc(C)ccc2C)cc1. The molecule has 0 radical (unpaired) electrons. The van der Waals surface area contributed by atoms with Gasteiger partial charge in [-0.15, -0.1) is 0 Å². The highest BCUT2D eigenvalue weighted by Crippen LogP contribution is 2.28. The van der Waals surface area contributed by atoms with E-state index >= 15 is 0 Å². The standard InChI is InChI=1S/C18H20N2O5S/c1-12-4-5-13(2)17(10-12)20(11-18(22)23)26(24,25)16-8-6-15(7-9-16)19-14(3)21/h4-10H,11H2,1-3H3,(H,19,21)(H,22,23). The molecule has 1 amide bonds. The van der Waals surface area contributed by atoms with Crippen LogP contribution in [-0.2, 0) is 19.6 Å². The number of amides is 1. The van der Waals surface area contributed by atoms with Crippen LogP contribution >= 0.6 is 0 Å². The number of hydrogen-bond acceptors (Lipinski definition) is 4. The van der Waals surface area contributed by atoms with E-state index in [0.717, 1.165) is 9.87 Å². The molecule has 0 unspecified atom stereocenters. The van der Waals surface area contributed by atoms with Gasteiger partial charge in [-0.1, -0.05) is 12.1 Å². The number of carbonyl (C=O) groups is 2. The largest absolute Gasteiger partial charge is 0.480 e. The van der Waals surface area contributed by atoms with Gasteiger partial charge in [-0.2, -0.15) is 0 Å². The Morgan fingerprint density at radius 3 is 2.23 bits per heavy atom. The van der Waals surface area contributed by atoms with Crippen LogP contribution in [0.15, 0.2) is 47.4 Å². The Hall–Kier alpha value is -2.87. The number of carboxylic acid groups (broad SMARTS) is 1. The summed E-state index contributed by atoms with van der Waals surface area (Å²) in [7, 11) is -4.09. The monoisotopic (exact) mass is 376 g/mol. The van der Waals surface area contributed by atoms with Crippen LogP contribution in [0.1, 0.15) is 18.1 Å². The van der Waals surface area contributed by atoms with Crippen molar-refractivity contribution in [3.63, 3.8) is 0 Å². The summed E-state index contributed by atoms with van der Waals surface area (Å²) < 4.78 is 27.0. The molecule has 0 saturated carbocycles. The first kappa shape index (κ1) is 19.5. The highest BCUT2D eigenvalue weighted by molar-refractivity contribution is 7.92. The zero-order valence-electron chi connectivity index (χ0n) is 14.7. The predicted molar refractivity (Wildman–Crippen MR) is 98.8 cm³/mol. The van der Waals surface area contributed by atoms with E-state index < -0.39 is 22.5 Å². The number of anilines is 2. The van der Waals surface area contributed by atoms with Crippen molar-refractivity contribution in [2.24, 2.45) is 0 Å². The van der Waals surface area contributed by atoms with Gasteiger partial charge < -0.3 is 10.4 Å². The third kappa shape index (κ3) is 4.40. The second-order valence-corrected chi connectivity index (χ2v) is 7.76. The van der Waals surface area contributed by atoms with E-state index in [2.05, 4.69) is 5.32 Å². The summed E-state index contributed by atoms with van der Waals surface area (Å²) in [4.78, 5) is 22.3. The lowest BCUT2D eigenvalue weighted by Gasteiger charge is -2.25. The van der Waals surface area contributed by atoms with Gasteiger partial charge in [0, 0.05) is 12.6 Å². The number of carbonyl (C=O) groups excluding carboxylic acids is 1. The lowest BCUT2D eigenvalue weighted by Crippen LogP contribution is -2.36. The van der Waals surface area contributed by atoms with E-state index in [4.69, 9.17) is 0 Å². The van der Waals surface area contributed by atoms with Gasteiger partial charge in [0.05, 0.1) is 10.6 Å². The average Bonchev–Trinajstić information content (AvgIpc) is 2.55. The smallest absolute Gasteiger partial charge is 0.324 e. The summed E-state index contributed by atoms with van der Waals surface area (Å²) >= 11 is 0. The maximum atomic E-state index is 13.0. The minimum absolute atomic E-state index is 0.0613. The summed E-state index contributed by atoms with van der Waals surface area (Å²) in [6.07, 6.45) is 0. The Labute approximate surface area is 152 Å². The van der Waals surface area contributed by atoms with Crippen molar-refractivity contribution in [2.75, 3.05) is 16.2 Å². The molecule has 0 aliphatic rings. The second-order valence-electron chi connectivity index (χ2n) is 5.90. The zero-order chi connectivity index (χ0) is 19.5. The number of nitrogens with one attached hydrogen (secondary N) is 1. The van der Waals surface area contributed by atoms with Crippen molar-refractivity contribution in [3.05, 3.63) is 53.6 Å². The number of carboxylic acids is 1. The van der Waals surface area contributed by atoms with Crippen molar-refractivity contribution >= 4 is 33.3 Å². The molecule has 0 saturated heterocycles. The van der Waals surface area contributed by atoms with Crippen LogP contribution in [0.5, 0.6) is 0 Å². The van der Waals surface area contributed by atoms with Crippen LogP contribution in [0.25, 0.3) is 0 Å². The number of nitrogens with zero attached hydrogens (tertiary/aromatic N) is 1. The summed E-state index contributed by atoms with van der Waals surface area (Å²) in [5, 5.41) is 11.8. The van der Waals surface area contributed by atoms with Crippen molar-refractivity contribution in [2.45, 2.75) is 25.7 Å². The summed E-state index contributed by atoms with van der Waals surface area (Å²) in [5.41, 5.74) is 2.23. The average molecular weight is 376 g/mol. The van der Waals surface area contributed by atoms with E-state index in [1.54, 1.807) is 26.0 Å². The molecule has 0 spiro atoms. The molecule has 2 N–H and O–H groups in total. The molecule has 8 heteroatoms. The molecule has 0 aromatic heterocycles. The van der Waals surface area contributed by atoms with Gasteiger partial charge in [0.1, 0.15) is 6.54 Å². The first-order chi connectivity index (χ1) is 12.1. The van der Waals surface area contributed by atoms with Crippen molar-refractivity contribution in [3.8, 4) is 0 Å². The Morgan fingerprint density at radius 2 is 1.69 bits per heavy atom. The molecular weight excluding hydrogens is 356 g/mol. The van der Waals surface area contributed by atoms with Gasteiger partial charge in [-0.05, 0) is 55.3 Å². The van der Waals surface area contributed by atoms with E-state index in [-0.39, 0.29) is 10.8 Å². The number of sulfonamides is 1. The molecule has 2 aromatic carbocycles. The number of aryl methyl sites for hydroxylation is 2. The van der Waals surface area contributed by atoms with Crippen molar-refractivity contribution in [1.29, 1.82) is 0 Å². The summed E-state index contributed by atoms with van der Waals surface area (Å²) in [5.74, 6) is -1.53. The van der Waals surface area contributed by atoms with Crippen LogP contribution in [0.4, 0.5) is 11.4 Å². The maximum Gasteiger partial charge on any atom is 0.324 e. The van der Waals surface area contributed by atoms with E-state index in [0.29, 0.717) is 16.9 Å². The number of hydrogen-bond donors (Lipinski definition) is 2. The molecule has 2 rings (SSSR count). The topological polar surface area (TPSA) is 104 Å². The van der Waals surface area contributed by atoms with Crippen LogP contribution in [0, 0.1) is 13.8 Å². The molecule has 0 bridgehead atoms. The zero-order valence-corrected chi connectivity index (χ0v) is 15.5. The normalized spacial score (nSPS) is 11.0. The Morgan fingerprint density at radius 1 is 1.08 bits per heavy atom. The third-order valence-electron chi connectivity index (χ3n) is 3.67. The van der Waals surface area contributed by atoms with Gasteiger partial charge in [-0.25, -0.2) is 8.42 Å². The highest BCUT2D eigenvalue weighted by Gasteiger charge is 2.28. The molecule has 0 aliphatic heterocycles. The molecule has 2 aromatic rings. The molecule has 26 heavy (non-hydrogen) atoms. The summed E-state index contributed by atoms with van der Waals surface area (Å²) in [6, 6.07) is 10.8. The fourth-order valence-electron chi connectivity index (χ4n) is 2.45. The summed E-state index contributed by atoms with van der Waals surface area (Å²) in [6.45, 7) is 4.18. The highest BCUT2D eigenvalue weighted by atomic mass is 32.2. The number of aliphatic carboxylic acids is 1. The minimum atomic E-state index is -4.09. The fourth-order valence-corrected chi connectivity index (χ4v) is 3.92. The molecule has 0 heterocycles. The van der Waals surface area contributed by atoms with Crippen LogP contribution in [0.2, 0.25) is 0 Å². The Kier molecular flexibility index (Phi) is 5.66. The van der Waals surface area contributed by atoms with Crippen molar-refractivity contribution < 1.29 is 23.1 Å². The van der Waals surface area contributed by atoms with Gasteiger partial charge in [0.15, 0.2) is 0 Å². The molecule has 0 atom stereocenters. The minimum Gasteiger partial charge on any atom is -0.480 e. The molecule has 138 valence electrons. The molecule has 0 fully saturated rings. The van der Waals surface area contributed by atoms with Crippen LogP contribution in [0.3, 0.4) is 0 Å². The lowest BCUT2D eigenvalue weighted by atomic mass is 10.1. The molecule has 0 aliphatic carbocycles. The third-order valence-corrected chi connectivity index (χ3v) is 5.45. The Bertz CT molecular complexity index is 937. The maximum absolute atomic E-state index is 13.0. The predicted octanol–water partition coefficient (Wildman–Crippen LogP) is 2.54. The number of rotatable bonds is 6. The first-order valence-corrected chi connectivity index (χ1v) is 9.24. The van der Waals surface area contributed by atoms with Gasteiger partial charge >= 0.3 is 5.97 Å². The molecule has 7 nitrogen and oxygen atoms in total. The second kappa shape index (κ2) is 7.57. The van der Waals surface area contributed by atoms with Gasteiger partial charge in [0.2, 0.25) is 5.91 Å². The Balaban J connectivity index is 2.50. The number of benzene rings is 2. The first-order valence-electron chi connectivity index (χ1n) is 7.80. The van der Waals surface area contributed by atoms with E-state index in [1.165, 1.54) is 31.2 Å². The van der Waals surface area contributed by atoms with E-state index in [1.807, 2.05) is 6.07 Å². The van der Waals surface area contributed by atoms with Gasteiger partial charge in [-0.3, -0.25) is 13.9 Å². The molecular formula is C18H20N2O5S.